The minimum absolute atomic E-state index is 0.494. The van der Waals surface area contributed by atoms with Gasteiger partial charge in [-0.3, -0.25) is 4.90 Å². The second-order valence-corrected chi connectivity index (χ2v) is 6.96. The SMILES string of the molecule is CC1(C)CCCN(Cc2c(N)cccc2Br)CC1. The van der Waals surface area contributed by atoms with Crippen molar-refractivity contribution in [2.45, 2.75) is 39.7 Å². The van der Waals surface area contributed by atoms with Gasteiger partial charge in [0.05, 0.1) is 0 Å². The van der Waals surface area contributed by atoms with Crippen LogP contribution in [0.15, 0.2) is 22.7 Å². The van der Waals surface area contributed by atoms with E-state index in [1.165, 1.54) is 37.9 Å². The van der Waals surface area contributed by atoms with Crippen molar-refractivity contribution in [3.05, 3.63) is 28.2 Å². The molecule has 2 nitrogen and oxygen atoms in total. The molecule has 1 aromatic rings. The smallest absolute Gasteiger partial charge is 0.0371 e. The second kappa shape index (κ2) is 5.62. The van der Waals surface area contributed by atoms with Crippen LogP contribution in [0.2, 0.25) is 0 Å². The van der Waals surface area contributed by atoms with Crippen LogP contribution in [-0.2, 0) is 6.54 Å². The summed E-state index contributed by atoms with van der Waals surface area (Å²) >= 11 is 3.61. The first-order valence-corrected chi connectivity index (χ1v) is 7.52. The Labute approximate surface area is 119 Å². The zero-order valence-corrected chi connectivity index (χ0v) is 13.0. The molecule has 1 aliphatic heterocycles. The van der Waals surface area contributed by atoms with Crippen molar-refractivity contribution in [1.82, 2.24) is 4.90 Å². The predicted molar refractivity (Wildman–Crippen MR) is 81.5 cm³/mol. The van der Waals surface area contributed by atoms with Gasteiger partial charge in [-0.25, -0.2) is 0 Å². The number of benzene rings is 1. The minimum Gasteiger partial charge on any atom is -0.398 e. The summed E-state index contributed by atoms with van der Waals surface area (Å²) in [7, 11) is 0. The van der Waals surface area contributed by atoms with Crippen molar-refractivity contribution in [1.29, 1.82) is 0 Å². The minimum atomic E-state index is 0.494. The van der Waals surface area contributed by atoms with Crippen LogP contribution in [0.25, 0.3) is 0 Å². The van der Waals surface area contributed by atoms with E-state index in [-0.39, 0.29) is 0 Å². The summed E-state index contributed by atoms with van der Waals surface area (Å²) in [6.07, 6.45) is 3.89. The number of hydrogen-bond acceptors (Lipinski definition) is 2. The van der Waals surface area contributed by atoms with Gasteiger partial charge in [-0.1, -0.05) is 35.8 Å². The molecule has 1 aliphatic rings. The number of hydrogen-bond donors (Lipinski definition) is 1. The van der Waals surface area contributed by atoms with Crippen LogP contribution in [-0.4, -0.2) is 18.0 Å². The molecule has 1 aromatic carbocycles. The summed E-state index contributed by atoms with van der Waals surface area (Å²) in [6, 6.07) is 6.06. The largest absolute Gasteiger partial charge is 0.398 e. The van der Waals surface area contributed by atoms with Crippen molar-refractivity contribution in [3.63, 3.8) is 0 Å². The third-order valence-corrected chi connectivity index (χ3v) is 4.71. The van der Waals surface area contributed by atoms with Gasteiger partial charge in [0.25, 0.3) is 0 Å². The average Bonchev–Trinajstić information content (AvgIpc) is 2.46. The van der Waals surface area contributed by atoms with E-state index in [1.54, 1.807) is 0 Å². The standard InChI is InChI=1S/C15H23BrN2/c1-15(2)7-4-9-18(10-8-15)11-12-13(16)5-3-6-14(12)17/h3,5-6H,4,7-11,17H2,1-2H3. The maximum atomic E-state index is 6.07. The summed E-state index contributed by atoms with van der Waals surface area (Å²) in [5.74, 6) is 0. The molecule has 1 heterocycles. The third-order valence-electron chi connectivity index (χ3n) is 3.97. The molecule has 1 saturated heterocycles. The zero-order valence-electron chi connectivity index (χ0n) is 11.4. The summed E-state index contributed by atoms with van der Waals surface area (Å²) < 4.78 is 1.13. The number of halogens is 1. The topological polar surface area (TPSA) is 29.3 Å². The Morgan fingerprint density at radius 3 is 2.78 bits per heavy atom. The predicted octanol–water partition coefficient (Wildman–Crippen LogP) is 4.04. The number of nitrogens with two attached hydrogens (primary N) is 1. The van der Waals surface area contributed by atoms with Gasteiger partial charge in [-0.2, -0.15) is 0 Å². The molecule has 0 radical (unpaired) electrons. The number of nitrogens with zero attached hydrogens (tertiary/aromatic N) is 1. The first-order valence-electron chi connectivity index (χ1n) is 6.73. The lowest BCUT2D eigenvalue weighted by atomic mass is 9.85. The zero-order chi connectivity index (χ0) is 13.2. The Kier molecular flexibility index (Phi) is 4.33. The van der Waals surface area contributed by atoms with Gasteiger partial charge in [0.1, 0.15) is 0 Å². The first kappa shape index (κ1) is 13.9. The van der Waals surface area contributed by atoms with Crippen molar-refractivity contribution in [2.24, 2.45) is 5.41 Å². The number of anilines is 1. The molecule has 0 spiro atoms. The second-order valence-electron chi connectivity index (χ2n) is 6.10. The Hall–Kier alpha value is -0.540. The van der Waals surface area contributed by atoms with Gasteiger partial charge in [0, 0.05) is 22.3 Å². The monoisotopic (exact) mass is 310 g/mol. The number of likely N-dealkylation sites (tertiary alicyclic amines) is 1. The lowest BCUT2D eigenvalue weighted by Gasteiger charge is -2.24. The fourth-order valence-corrected chi connectivity index (χ4v) is 3.11. The maximum absolute atomic E-state index is 6.07. The van der Waals surface area contributed by atoms with Gasteiger partial charge in [-0.15, -0.1) is 0 Å². The summed E-state index contributed by atoms with van der Waals surface area (Å²) in [5, 5.41) is 0. The van der Waals surface area contributed by atoms with Gasteiger partial charge in [-0.05, 0) is 49.9 Å². The van der Waals surface area contributed by atoms with Crippen LogP contribution in [0.3, 0.4) is 0 Å². The fourth-order valence-electron chi connectivity index (χ4n) is 2.60. The van der Waals surface area contributed by atoms with E-state index in [9.17, 15) is 0 Å². The first-order chi connectivity index (χ1) is 8.48. The summed E-state index contributed by atoms with van der Waals surface area (Å²) in [6.45, 7) is 8.08. The quantitative estimate of drug-likeness (QED) is 0.835. The van der Waals surface area contributed by atoms with E-state index in [2.05, 4.69) is 40.7 Å². The lowest BCUT2D eigenvalue weighted by molar-refractivity contribution is 0.256. The molecule has 0 unspecified atom stereocenters. The molecule has 0 atom stereocenters. The van der Waals surface area contributed by atoms with Crippen LogP contribution >= 0.6 is 15.9 Å². The molecule has 2 rings (SSSR count). The van der Waals surface area contributed by atoms with Crippen molar-refractivity contribution in [2.75, 3.05) is 18.8 Å². The highest BCUT2D eigenvalue weighted by molar-refractivity contribution is 9.10. The van der Waals surface area contributed by atoms with Crippen LogP contribution in [0.5, 0.6) is 0 Å². The molecule has 1 fully saturated rings. The summed E-state index contributed by atoms with van der Waals surface area (Å²) in [4.78, 5) is 2.53. The van der Waals surface area contributed by atoms with E-state index in [0.717, 1.165) is 16.7 Å². The molecule has 0 saturated carbocycles. The Morgan fingerprint density at radius 2 is 2.06 bits per heavy atom. The van der Waals surface area contributed by atoms with Gasteiger partial charge in [0.2, 0.25) is 0 Å². The molecule has 0 aliphatic carbocycles. The molecule has 0 aromatic heterocycles. The van der Waals surface area contributed by atoms with Crippen LogP contribution < -0.4 is 5.73 Å². The Bertz CT molecular complexity index is 395. The highest BCUT2D eigenvalue weighted by Gasteiger charge is 2.23. The van der Waals surface area contributed by atoms with Crippen LogP contribution in [0, 0.1) is 5.41 Å². The highest BCUT2D eigenvalue weighted by Crippen LogP contribution is 2.31. The number of rotatable bonds is 2. The van der Waals surface area contributed by atoms with Gasteiger partial charge < -0.3 is 5.73 Å². The van der Waals surface area contributed by atoms with Crippen molar-refractivity contribution >= 4 is 21.6 Å². The highest BCUT2D eigenvalue weighted by atomic mass is 79.9. The molecule has 3 heteroatoms. The number of nitrogen functional groups attached to an aromatic ring is 1. The molecular formula is C15H23BrN2. The lowest BCUT2D eigenvalue weighted by Crippen LogP contribution is -2.25. The van der Waals surface area contributed by atoms with Crippen molar-refractivity contribution < 1.29 is 0 Å². The van der Waals surface area contributed by atoms with E-state index in [0.29, 0.717) is 5.41 Å². The molecule has 0 bridgehead atoms. The Morgan fingerprint density at radius 1 is 1.28 bits per heavy atom. The molecular weight excluding hydrogens is 288 g/mol. The fraction of sp³-hybridized carbons (Fsp3) is 0.600. The van der Waals surface area contributed by atoms with Crippen LogP contribution in [0.4, 0.5) is 5.69 Å². The molecule has 2 N–H and O–H groups in total. The van der Waals surface area contributed by atoms with Crippen molar-refractivity contribution in [3.8, 4) is 0 Å². The van der Waals surface area contributed by atoms with E-state index >= 15 is 0 Å². The van der Waals surface area contributed by atoms with Gasteiger partial charge >= 0.3 is 0 Å². The normalized spacial score (nSPS) is 20.6. The van der Waals surface area contributed by atoms with E-state index in [1.807, 2.05) is 12.1 Å². The maximum Gasteiger partial charge on any atom is 0.0371 e. The van der Waals surface area contributed by atoms with E-state index in [4.69, 9.17) is 5.73 Å². The third kappa shape index (κ3) is 3.48. The average molecular weight is 311 g/mol. The molecule has 18 heavy (non-hydrogen) atoms. The van der Waals surface area contributed by atoms with Gasteiger partial charge in [0.15, 0.2) is 0 Å². The van der Waals surface area contributed by atoms with E-state index < -0.39 is 0 Å². The Balaban J connectivity index is 2.05. The molecule has 100 valence electrons. The molecule has 0 amide bonds. The summed E-state index contributed by atoms with van der Waals surface area (Å²) in [5.41, 5.74) is 8.70. The van der Waals surface area contributed by atoms with Crippen LogP contribution in [0.1, 0.15) is 38.7 Å².